The first-order valence-electron chi connectivity index (χ1n) is 6.95. The smallest absolute Gasteiger partial charge is 0.165 e. The number of ether oxygens (including phenoxy) is 2. The summed E-state index contributed by atoms with van der Waals surface area (Å²) in [5, 5.41) is 3.43. The van der Waals surface area contributed by atoms with E-state index in [1.165, 1.54) is 5.56 Å². The monoisotopic (exact) mass is 349 g/mol. The van der Waals surface area contributed by atoms with Crippen LogP contribution in [0.2, 0.25) is 0 Å². The van der Waals surface area contributed by atoms with Gasteiger partial charge in [0.25, 0.3) is 0 Å². The zero-order valence-electron chi connectivity index (χ0n) is 12.6. The van der Waals surface area contributed by atoms with Crippen LogP contribution < -0.4 is 14.8 Å². The Hall–Kier alpha value is -1.68. The van der Waals surface area contributed by atoms with Gasteiger partial charge in [0.15, 0.2) is 11.5 Å². The van der Waals surface area contributed by atoms with Gasteiger partial charge >= 0.3 is 0 Å². The molecule has 0 saturated heterocycles. The molecule has 112 valence electrons. The van der Waals surface area contributed by atoms with E-state index in [0.29, 0.717) is 13.2 Å². The van der Waals surface area contributed by atoms with Crippen molar-refractivity contribution in [1.82, 2.24) is 0 Å². The molecule has 0 saturated carbocycles. The molecule has 3 nitrogen and oxygen atoms in total. The average Bonchev–Trinajstić information content (AvgIpc) is 2.49. The number of para-hydroxylation sites is 1. The van der Waals surface area contributed by atoms with Gasteiger partial charge in [-0.1, -0.05) is 24.3 Å². The number of halogens is 1. The first-order valence-corrected chi connectivity index (χ1v) is 7.74. The SMILES string of the molecule is CCOc1cccc(CNc2cccc(C)c2Br)c1OC. The molecule has 0 aliphatic rings. The van der Waals surface area contributed by atoms with Crippen LogP contribution in [0.5, 0.6) is 11.5 Å². The number of rotatable bonds is 6. The van der Waals surface area contributed by atoms with E-state index in [9.17, 15) is 0 Å². The van der Waals surface area contributed by atoms with E-state index >= 15 is 0 Å². The molecule has 0 heterocycles. The average molecular weight is 350 g/mol. The lowest BCUT2D eigenvalue weighted by Crippen LogP contribution is -2.04. The Balaban J connectivity index is 2.20. The zero-order valence-corrected chi connectivity index (χ0v) is 14.2. The highest BCUT2D eigenvalue weighted by Crippen LogP contribution is 2.32. The normalized spacial score (nSPS) is 10.3. The van der Waals surface area contributed by atoms with Crippen molar-refractivity contribution in [2.75, 3.05) is 19.0 Å². The van der Waals surface area contributed by atoms with Crippen molar-refractivity contribution >= 4 is 21.6 Å². The molecule has 0 bridgehead atoms. The van der Waals surface area contributed by atoms with Crippen LogP contribution >= 0.6 is 15.9 Å². The molecule has 4 heteroatoms. The highest BCUT2D eigenvalue weighted by atomic mass is 79.9. The summed E-state index contributed by atoms with van der Waals surface area (Å²) >= 11 is 3.61. The van der Waals surface area contributed by atoms with Gasteiger partial charge in [0.1, 0.15) is 0 Å². The lowest BCUT2D eigenvalue weighted by Gasteiger charge is -2.15. The van der Waals surface area contributed by atoms with E-state index in [0.717, 1.165) is 27.2 Å². The van der Waals surface area contributed by atoms with Crippen LogP contribution in [0.25, 0.3) is 0 Å². The van der Waals surface area contributed by atoms with E-state index in [1.54, 1.807) is 7.11 Å². The quantitative estimate of drug-likeness (QED) is 0.814. The maximum Gasteiger partial charge on any atom is 0.165 e. The Kier molecular flexibility index (Phi) is 5.51. The highest BCUT2D eigenvalue weighted by molar-refractivity contribution is 9.10. The molecule has 1 N–H and O–H groups in total. The molecule has 2 aromatic carbocycles. The molecule has 0 aliphatic carbocycles. The number of methoxy groups -OCH3 is 1. The fourth-order valence-corrected chi connectivity index (χ4v) is 2.58. The minimum Gasteiger partial charge on any atom is -0.493 e. The van der Waals surface area contributed by atoms with E-state index in [1.807, 2.05) is 31.2 Å². The van der Waals surface area contributed by atoms with E-state index in [4.69, 9.17) is 9.47 Å². The molecule has 2 aromatic rings. The molecular formula is C17H20BrNO2. The number of aryl methyl sites for hydroxylation is 1. The van der Waals surface area contributed by atoms with E-state index < -0.39 is 0 Å². The molecule has 21 heavy (non-hydrogen) atoms. The van der Waals surface area contributed by atoms with Gasteiger partial charge in [-0.25, -0.2) is 0 Å². The minimum absolute atomic E-state index is 0.622. The minimum atomic E-state index is 0.622. The summed E-state index contributed by atoms with van der Waals surface area (Å²) in [6.07, 6.45) is 0. The second-order valence-electron chi connectivity index (χ2n) is 4.67. The van der Waals surface area contributed by atoms with Crippen molar-refractivity contribution < 1.29 is 9.47 Å². The molecule has 2 rings (SSSR count). The zero-order chi connectivity index (χ0) is 15.2. The third kappa shape index (κ3) is 3.70. The maximum absolute atomic E-state index is 5.60. The molecule has 0 amide bonds. The highest BCUT2D eigenvalue weighted by Gasteiger charge is 2.10. The Morgan fingerprint density at radius 1 is 1.14 bits per heavy atom. The number of anilines is 1. The Morgan fingerprint density at radius 3 is 2.62 bits per heavy atom. The van der Waals surface area contributed by atoms with Crippen molar-refractivity contribution in [1.29, 1.82) is 0 Å². The van der Waals surface area contributed by atoms with Crippen LogP contribution in [0.15, 0.2) is 40.9 Å². The van der Waals surface area contributed by atoms with Gasteiger partial charge in [0.05, 0.1) is 13.7 Å². The van der Waals surface area contributed by atoms with Gasteiger partial charge in [-0.15, -0.1) is 0 Å². The summed E-state index contributed by atoms with van der Waals surface area (Å²) in [6, 6.07) is 12.1. The third-order valence-corrected chi connectivity index (χ3v) is 4.28. The first kappa shape index (κ1) is 15.7. The van der Waals surface area contributed by atoms with E-state index in [2.05, 4.69) is 40.3 Å². The van der Waals surface area contributed by atoms with Crippen LogP contribution in [0.3, 0.4) is 0 Å². The van der Waals surface area contributed by atoms with Gasteiger partial charge in [-0.05, 0) is 47.5 Å². The van der Waals surface area contributed by atoms with Gasteiger partial charge in [-0.3, -0.25) is 0 Å². The number of hydrogen-bond acceptors (Lipinski definition) is 3. The molecule has 0 aliphatic heterocycles. The fraction of sp³-hybridized carbons (Fsp3) is 0.294. The number of benzene rings is 2. The second kappa shape index (κ2) is 7.36. The Labute approximate surface area is 134 Å². The lowest BCUT2D eigenvalue weighted by molar-refractivity contribution is 0.309. The van der Waals surface area contributed by atoms with Crippen molar-refractivity contribution in [2.45, 2.75) is 20.4 Å². The van der Waals surface area contributed by atoms with Gasteiger partial charge in [-0.2, -0.15) is 0 Å². The number of nitrogens with one attached hydrogen (secondary N) is 1. The van der Waals surface area contributed by atoms with Crippen molar-refractivity contribution in [3.8, 4) is 11.5 Å². The summed E-state index contributed by atoms with van der Waals surface area (Å²) in [5.74, 6) is 1.57. The van der Waals surface area contributed by atoms with Crippen molar-refractivity contribution in [3.05, 3.63) is 52.0 Å². The standard InChI is InChI=1S/C17H20BrNO2/c1-4-21-15-10-6-8-13(17(15)20-3)11-19-14-9-5-7-12(2)16(14)18/h5-10,19H,4,11H2,1-3H3. The molecule has 0 spiro atoms. The van der Waals surface area contributed by atoms with Crippen LogP contribution in [0.4, 0.5) is 5.69 Å². The second-order valence-corrected chi connectivity index (χ2v) is 5.46. The molecule has 0 unspecified atom stereocenters. The predicted octanol–water partition coefficient (Wildman–Crippen LogP) is 4.78. The third-order valence-electron chi connectivity index (χ3n) is 3.23. The lowest BCUT2D eigenvalue weighted by atomic mass is 10.1. The molecule has 0 fully saturated rings. The predicted molar refractivity (Wildman–Crippen MR) is 90.4 cm³/mol. The Bertz CT molecular complexity index is 614. The maximum atomic E-state index is 5.60. The van der Waals surface area contributed by atoms with Crippen LogP contribution in [0, 0.1) is 6.92 Å². The van der Waals surface area contributed by atoms with Crippen molar-refractivity contribution in [2.24, 2.45) is 0 Å². The van der Waals surface area contributed by atoms with Gasteiger partial charge < -0.3 is 14.8 Å². The van der Waals surface area contributed by atoms with E-state index in [-0.39, 0.29) is 0 Å². The van der Waals surface area contributed by atoms with Gasteiger partial charge in [0, 0.05) is 22.3 Å². The number of hydrogen-bond donors (Lipinski definition) is 1. The Morgan fingerprint density at radius 2 is 1.90 bits per heavy atom. The molecule has 0 atom stereocenters. The molecule has 0 radical (unpaired) electrons. The summed E-state index contributed by atoms with van der Waals surface area (Å²) in [4.78, 5) is 0. The topological polar surface area (TPSA) is 30.5 Å². The van der Waals surface area contributed by atoms with Crippen molar-refractivity contribution in [3.63, 3.8) is 0 Å². The van der Waals surface area contributed by atoms with Crippen LogP contribution in [-0.4, -0.2) is 13.7 Å². The van der Waals surface area contributed by atoms with Crippen LogP contribution in [-0.2, 0) is 6.54 Å². The van der Waals surface area contributed by atoms with Gasteiger partial charge in [0.2, 0.25) is 0 Å². The molecular weight excluding hydrogens is 330 g/mol. The summed E-state index contributed by atoms with van der Waals surface area (Å²) in [7, 11) is 1.67. The first-order chi connectivity index (χ1) is 10.2. The summed E-state index contributed by atoms with van der Waals surface area (Å²) < 4.78 is 12.2. The fourth-order valence-electron chi connectivity index (χ4n) is 2.18. The molecule has 0 aromatic heterocycles. The largest absolute Gasteiger partial charge is 0.493 e. The summed E-state index contributed by atoms with van der Waals surface area (Å²) in [6.45, 7) is 5.34. The van der Waals surface area contributed by atoms with Crippen LogP contribution in [0.1, 0.15) is 18.1 Å². The summed E-state index contributed by atoms with van der Waals surface area (Å²) in [5.41, 5.74) is 3.34.